The van der Waals surface area contributed by atoms with Crippen LogP contribution in [0.4, 0.5) is 0 Å². The summed E-state index contributed by atoms with van der Waals surface area (Å²) in [6.45, 7) is 4.66. The molecule has 90 valence electrons. The molecule has 1 saturated heterocycles. The van der Waals surface area contributed by atoms with Crippen molar-refractivity contribution >= 4 is 11.3 Å². The van der Waals surface area contributed by atoms with Gasteiger partial charge >= 0.3 is 0 Å². The highest BCUT2D eigenvalue weighted by molar-refractivity contribution is 7.11. The fourth-order valence-corrected chi connectivity index (χ4v) is 3.30. The van der Waals surface area contributed by atoms with Gasteiger partial charge in [0.05, 0.1) is 5.01 Å². The van der Waals surface area contributed by atoms with E-state index in [0.717, 1.165) is 12.3 Å². The topological polar surface area (TPSA) is 28.2 Å². The summed E-state index contributed by atoms with van der Waals surface area (Å²) in [7, 11) is 4.20. The van der Waals surface area contributed by atoms with Crippen molar-refractivity contribution in [1.29, 1.82) is 0 Å². The van der Waals surface area contributed by atoms with Crippen molar-refractivity contribution < 1.29 is 0 Å². The van der Waals surface area contributed by atoms with Gasteiger partial charge in [-0.25, -0.2) is 4.98 Å². The van der Waals surface area contributed by atoms with Crippen LogP contribution in [0.15, 0.2) is 6.20 Å². The third-order valence-corrected chi connectivity index (χ3v) is 4.59. The lowest BCUT2D eigenvalue weighted by Gasteiger charge is -2.08. The van der Waals surface area contributed by atoms with E-state index in [-0.39, 0.29) is 0 Å². The van der Waals surface area contributed by atoms with Crippen molar-refractivity contribution in [2.24, 2.45) is 5.92 Å². The molecule has 0 bridgehead atoms. The summed E-state index contributed by atoms with van der Waals surface area (Å²) >= 11 is 1.86. The Morgan fingerprint density at radius 1 is 1.69 bits per heavy atom. The standard InChI is InChI=1S/C12H21N3S/c1-9(13-2)11-7-14-12(16-11)6-10-4-5-15(3)8-10/h7,9-10,13H,4-6,8H2,1-3H3. The quantitative estimate of drug-likeness (QED) is 0.870. The minimum Gasteiger partial charge on any atom is -0.312 e. The molecule has 2 rings (SSSR count). The molecule has 1 aliphatic rings. The molecule has 3 nitrogen and oxygen atoms in total. The zero-order chi connectivity index (χ0) is 11.5. The molecule has 1 aromatic heterocycles. The maximum atomic E-state index is 4.53. The Labute approximate surface area is 102 Å². The zero-order valence-corrected chi connectivity index (χ0v) is 11.2. The average Bonchev–Trinajstić information content (AvgIpc) is 2.87. The van der Waals surface area contributed by atoms with Gasteiger partial charge in [0.1, 0.15) is 0 Å². The van der Waals surface area contributed by atoms with E-state index < -0.39 is 0 Å². The SMILES string of the molecule is CNC(C)c1cnc(CC2CCN(C)C2)s1. The van der Waals surface area contributed by atoms with Crippen LogP contribution in [-0.2, 0) is 6.42 Å². The molecule has 4 heteroatoms. The molecular formula is C12H21N3S. The molecule has 1 fully saturated rings. The molecule has 0 radical (unpaired) electrons. The van der Waals surface area contributed by atoms with Crippen LogP contribution in [-0.4, -0.2) is 37.1 Å². The Hall–Kier alpha value is -0.450. The van der Waals surface area contributed by atoms with Crippen LogP contribution in [0, 0.1) is 5.92 Å². The van der Waals surface area contributed by atoms with Crippen LogP contribution < -0.4 is 5.32 Å². The van der Waals surface area contributed by atoms with Crippen molar-refractivity contribution in [2.45, 2.75) is 25.8 Å². The lowest BCUT2D eigenvalue weighted by Crippen LogP contribution is -2.14. The van der Waals surface area contributed by atoms with Gasteiger partial charge in [-0.05, 0) is 39.9 Å². The third kappa shape index (κ3) is 2.81. The molecule has 2 unspecified atom stereocenters. The molecule has 0 amide bonds. The van der Waals surface area contributed by atoms with Gasteiger partial charge in [0.15, 0.2) is 0 Å². The summed E-state index contributed by atoms with van der Waals surface area (Å²) in [5.74, 6) is 0.814. The fraction of sp³-hybridized carbons (Fsp3) is 0.750. The van der Waals surface area contributed by atoms with E-state index in [0.29, 0.717) is 6.04 Å². The maximum Gasteiger partial charge on any atom is 0.0931 e. The number of likely N-dealkylation sites (tertiary alicyclic amines) is 1. The number of aromatic nitrogens is 1. The Morgan fingerprint density at radius 2 is 2.50 bits per heavy atom. The normalized spacial score (nSPS) is 23.8. The van der Waals surface area contributed by atoms with E-state index >= 15 is 0 Å². The van der Waals surface area contributed by atoms with Gasteiger partial charge < -0.3 is 10.2 Å². The smallest absolute Gasteiger partial charge is 0.0931 e. The Kier molecular flexibility index (Phi) is 3.95. The number of rotatable bonds is 4. The van der Waals surface area contributed by atoms with Gasteiger partial charge in [-0.3, -0.25) is 0 Å². The van der Waals surface area contributed by atoms with Gasteiger partial charge in [-0.15, -0.1) is 11.3 Å². The summed E-state index contributed by atoms with van der Waals surface area (Å²) in [6.07, 6.45) is 4.51. The molecule has 16 heavy (non-hydrogen) atoms. The Balaban J connectivity index is 1.92. The van der Waals surface area contributed by atoms with Crippen molar-refractivity contribution in [3.05, 3.63) is 16.1 Å². The van der Waals surface area contributed by atoms with E-state index in [1.165, 1.54) is 29.4 Å². The second-order valence-electron chi connectivity index (χ2n) is 4.79. The van der Waals surface area contributed by atoms with Crippen molar-refractivity contribution in [1.82, 2.24) is 15.2 Å². The minimum absolute atomic E-state index is 0.428. The first-order valence-electron chi connectivity index (χ1n) is 5.99. The number of hydrogen-bond acceptors (Lipinski definition) is 4. The Bertz CT molecular complexity index is 337. The predicted octanol–water partition coefficient (Wildman–Crippen LogP) is 1.92. The predicted molar refractivity (Wildman–Crippen MR) is 68.9 cm³/mol. The maximum absolute atomic E-state index is 4.53. The van der Waals surface area contributed by atoms with Crippen molar-refractivity contribution in [3.63, 3.8) is 0 Å². The summed E-state index contributed by atoms with van der Waals surface area (Å²) in [4.78, 5) is 8.30. The van der Waals surface area contributed by atoms with Crippen LogP contribution in [0.2, 0.25) is 0 Å². The second-order valence-corrected chi connectivity index (χ2v) is 5.93. The highest BCUT2D eigenvalue weighted by Gasteiger charge is 2.21. The highest BCUT2D eigenvalue weighted by atomic mass is 32.1. The monoisotopic (exact) mass is 239 g/mol. The lowest BCUT2D eigenvalue weighted by atomic mass is 10.1. The molecule has 1 N–H and O–H groups in total. The largest absolute Gasteiger partial charge is 0.312 e. The summed E-state index contributed by atoms with van der Waals surface area (Å²) in [5.41, 5.74) is 0. The van der Waals surface area contributed by atoms with Crippen molar-refractivity contribution in [2.75, 3.05) is 27.2 Å². The first-order valence-corrected chi connectivity index (χ1v) is 6.81. The molecule has 1 aliphatic heterocycles. The zero-order valence-electron chi connectivity index (χ0n) is 10.4. The average molecular weight is 239 g/mol. The summed E-state index contributed by atoms with van der Waals surface area (Å²) in [6, 6.07) is 0.428. The number of hydrogen-bond donors (Lipinski definition) is 1. The van der Waals surface area contributed by atoms with E-state index in [4.69, 9.17) is 0 Å². The Morgan fingerprint density at radius 3 is 3.12 bits per heavy atom. The van der Waals surface area contributed by atoms with Crippen LogP contribution in [0.1, 0.15) is 29.3 Å². The van der Waals surface area contributed by atoms with Crippen molar-refractivity contribution in [3.8, 4) is 0 Å². The molecule has 1 aromatic rings. The van der Waals surface area contributed by atoms with E-state index in [9.17, 15) is 0 Å². The van der Waals surface area contributed by atoms with Gasteiger partial charge in [0.25, 0.3) is 0 Å². The van der Waals surface area contributed by atoms with Gasteiger partial charge in [-0.1, -0.05) is 0 Å². The molecule has 2 atom stereocenters. The lowest BCUT2D eigenvalue weighted by molar-refractivity contribution is 0.394. The molecule has 0 aromatic carbocycles. The molecule has 0 aliphatic carbocycles. The minimum atomic E-state index is 0.428. The van der Waals surface area contributed by atoms with Gasteiger partial charge in [0.2, 0.25) is 0 Å². The fourth-order valence-electron chi connectivity index (χ4n) is 2.20. The molecular weight excluding hydrogens is 218 g/mol. The number of nitrogens with zero attached hydrogens (tertiary/aromatic N) is 2. The van der Waals surface area contributed by atoms with E-state index in [1.54, 1.807) is 0 Å². The van der Waals surface area contributed by atoms with Crippen LogP contribution in [0.25, 0.3) is 0 Å². The summed E-state index contributed by atoms with van der Waals surface area (Å²) < 4.78 is 0. The van der Waals surface area contributed by atoms with Gasteiger partial charge in [-0.2, -0.15) is 0 Å². The molecule has 0 saturated carbocycles. The van der Waals surface area contributed by atoms with Crippen LogP contribution in [0.5, 0.6) is 0 Å². The number of nitrogens with one attached hydrogen (secondary N) is 1. The molecule has 0 spiro atoms. The molecule has 2 heterocycles. The van der Waals surface area contributed by atoms with Crippen LogP contribution >= 0.6 is 11.3 Å². The van der Waals surface area contributed by atoms with E-state index in [1.807, 2.05) is 24.6 Å². The second kappa shape index (κ2) is 5.25. The summed E-state index contributed by atoms with van der Waals surface area (Å²) in [5, 5.41) is 4.56. The third-order valence-electron chi connectivity index (χ3n) is 3.38. The van der Waals surface area contributed by atoms with E-state index in [2.05, 4.69) is 29.2 Å². The number of thiazole rings is 1. The first kappa shape index (κ1) is 12.0. The van der Waals surface area contributed by atoms with Gasteiger partial charge in [0, 0.05) is 30.1 Å². The highest BCUT2D eigenvalue weighted by Crippen LogP contribution is 2.25. The first-order chi connectivity index (χ1) is 7.69. The van der Waals surface area contributed by atoms with Crippen LogP contribution in [0.3, 0.4) is 0 Å².